The van der Waals surface area contributed by atoms with E-state index in [0.717, 1.165) is 22.6 Å². The number of hydrogen-bond donors (Lipinski definition) is 1. The van der Waals surface area contributed by atoms with Crippen LogP contribution in [0.3, 0.4) is 0 Å². The smallest absolute Gasteiger partial charge is 0.128 e. The highest BCUT2D eigenvalue weighted by atomic mass is 16.5. The number of hydrogen-bond acceptors (Lipinski definition) is 4. The molecular formula is C14H23NO3. The van der Waals surface area contributed by atoms with Crippen molar-refractivity contribution in [1.29, 1.82) is 0 Å². The lowest BCUT2D eigenvalue weighted by molar-refractivity contribution is 0.0561. The molecule has 0 aliphatic rings. The lowest BCUT2D eigenvalue weighted by atomic mass is 10.0. The van der Waals surface area contributed by atoms with Gasteiger partial charge >= 0.3 is 0 Å². The monoisotopic (exact) mass is 253 g/mol. The van der Waals surface area contributed by atoms with Gasteiger partial charge in [-0.1, -0.05) is 0 Å². The molecule has 0 spiro atoms. The van der Waals surface area contributed by atoms with Gasteiger partial charge in [0, 0.05) is 36.5 Å². The van der Waals surface area contributed by atoms with Crippen molar-refractivity contribution in [3.05, 3.63) is 23.0 Å². The SMILES string of the molecule is COc1c(C)cnc(CC(O)CC(C)OC)c1C. The fourth-order valence-corrected chi connectivity index (χ4v) is 2.06. The van der Waals surface area contributed by atoms with Crippen molar-refractivity contribution in [3.8, 4) is 5.75 Å². The normalized spacial score (nSPS) is 14.3. The fraction of sp³-hybridized carbons (Fsp3) is 0.643. The van der Waals surface area contributed by atoms with Gasteiger partial charge in [-0.3, -0.25) is 4.98 Å². The van der Waals surface area contributed by atoms with E-state index in [1.807, 2.05) is 20.8 Å². The first-order valence-electron chi connectivity index (χ1n) is 6.19. The zero-order valence-corrected chi connectivity index (χ0v) is 11.9. The molecule has 2 unspecified atom stereocenters. The van der Waals surface area contributed by atoms with Crippen LogP contribution >= 0.6 is 0 Å². The molecule has 1 heterocycles. The van der Waals surface area contributed by atoms with Gasteiger partial charge in [0.05, 0.1) is 19.3 Å². The standard InChI is InChI=1S/C14H23NO3/c1-9-8-15-13(11(3)14(9)18-5)7-12(16)6-10(2)17-4/h8,10,12,16H,6-7H2,1-5H3. The topological polar surface area (TPSA) is 51.6 Å². The first-order chi connectivity index (χ1) is 8.49. The first-order valence-corrected chi connectivity index (χ1v) is 6.19. The Morgan fingerprint density at radius 1 is 1.33 bits per heavy atom. The van der Waals surface area contributed by atoms with E-state index in [0.29, 0.717) is 12.8 Å². The molecule has 0 saturated heterocycles. The van der Waals surface area contributed by atoms with Crippen LogP contribution in [-0.2, 0) is 11.2 Å². The summed E-state index contributed by atoms with van der Waals surface area (Å²) in [6, 6.07) is 0. The number of nitrogens with zero attached hydrogens (tertiary/aromatic N) is 1. The number of methoxy groups -OCH3 is 2. The number of aryl methyl sites for hydroxylation is 1. The summed E-state index contributed by atoms with van der Waals surface area (Å²) < 4.78 is 10.5. The third-order valence-electron chi connectivity index (χ3n) is 3.19. The van der Waals surface area contributed by atoms with Gasteiger partial charge in [0.1, 0.15) is 5.75 Å². The maximum Gasteiger partial charge on any atom is 0.128 e. The van der Waals surface area contributed by atoms with Crippen molar-refractivity contribution < 1.29 is 14.6 Å². The van der Waals surface area contributed by atoms with E-state index < -0.39 is 6.10 Å². The summed E-state index contributed by atoms with van der Waals surface area (Å²) in [5.41, 5.74) is 2.90. The summed E-state index contributed by atoms with van der Waals surface area (Å²) in [6.45, 7) is 5.88. The van der Waals surface area contributed by atoms with E-state index in [1.165, 1.54) is 0 Å². The Morgan fingerprint density at radius 3 is 2.56 bits per heavy atom. The van der Waals surface area contributed by atoms with Crippen LogP contribution in [0.25, 0.3) is 0 Å². The van der Waals surface area contributed by atoms with Crippen molar-refractivity contribution in [3.63, 3.8) is 0 Å². The molecule has 4 nitrogen and oxygen atoms in total. The molecule has 1 aromatic rings. The number of ether oxygens (including phenoxy) is 2. The zero-order chi connectivity index (χ0) is 13.7. The first kappa shape index (κ1) is 14.9. The molecule has 102 valence electrons. The Morgan fingerprint density at radius 2 is 2.00 bits per heavy atom. The van der Waals surface area contributed by atoms with Crippen molar-refractivity contribution in [1.82, 2.24) is 4.98 Å². The number of aliphatic hydroxyl groups is 1. The summed E-state index contributed by atoms with van der Waals surface area (Å²) in [4.78, 5) is 4.38. The number of rotatable bonds is 6. The van der Waals surface area contributed by atoms with Crippen LogP contribution in [0.15, 0.2) is 6.20 Å². The van der Waals surface area contributed by atoms with Crippen LogP contribution in [0, 0.1) is 13.8 Å². The highest BCUT2D eigenvalue weighted by molar-refractivity contribution is 5.41. The highest BCUT2D eigenvalue weighted by Crippen LogP contribution is 2.25. The summed E-state index contributed by atoms with van der Waals surface area (Å²) in [5, 5.41) is 10.0. The molecule has 1 aromatic heterocycles. The van der Waals surface area contributed by atoms with Gasteiger partial charge in [-0.15, -0.1) is 0 Å². The molecular weight excluding hydrogens is 230 g/mol. The second-order valence-electron chi connectivity index (χ2n) is 4.69. The minimum absolute atomic E-state index is 0.0488. The Bertz CT molecular complexity index is 393. The molecule has 0 saturated carbocycles. The summed E-state index contributed by atoms with van der Waals surface area (Å²) in [5.74, 6) is 0.854. The molecule has 0 aliphatic heterocycles. The van der Waals surface area contributed by atoms with Crippen LogP contribution in [-0.4, -0.2) is 36.5 Å². The Kier molecular flexibility index (Phi) is 5.56. The average molecular weight is 253 g/mol. The average Bonchev–Trinajstić information content (AvgIpc) is 2.33. The van der Waals surface area contributed by atoms with Crippen molar-refractivity contribution in [2.24, 2.45) is 0 Å². The van der Waals surface area contributed by atoms with Crippen LogP contribution in [0.1, 0.15) is 30.2 Å². The number of pyridine rings is 1. The van der Waals surface area contributed by atoms with Crippen LogP contribution < -0.4 is 4.74 Å². The number of aliphatic hydroxyl groups excluding tert-OH is 1. The Hall–Kier alpha value is -1.13. The maximum absolute atomic E-state index is 10.0. The molecule has 0 aromatic carbocycles. The van der Waals surface area contributed by atoms with Gasteiger partial charge in [0.2, 0.25) is 0 Å². The van der Waals surface area contributed by atoms with Crippen LogP contribution in [0.2, 0.25) is 0 Å². The van der Waals surface area contributed by atoms with Crippen molar-refractivity contribution in [2.45, 2.75) is 45.8 Å². The summed E-state index contributed by atoms with van der Waals surface area (Å²) in [7, 11) is 3.30. The molecule has 0 aliphatic carbocycles. The molecule has 1 N–H and O–H groups in total. The summed E-state index contributed by atoms with van der Waals surface area (Å²) >= 11 is 0. The van der Waals surface area contributed by atoms with Gasteiger partial charge in [-0.2, -0.15) is 0 Å². The maximum atomic E-state index is 10.0. The van der Waals surface area contributed by atoms with Gasteiger partial charge in [-0.25, -0.2) is 0 Å². The van der Waals surface area contributed by atoms with E-state index in [-0.39, 0.29) is 6.10 Å². The Balaban J connectivity index is 2.79. The highest BCUT2D eigenvalue weighted by Gasteiger charge is 2.15. The lowest BCUT2D eigenvalue weighted by Crippen LogP contribution is -2.20. The van der Waals surface area contributed by atoms with E-state index in [2.05, 4.69) is 4.98 Å². The van der Waals surface area contributed by atoms with Crippen LogP contribution in [0.4, 0.5) is 0 Å². The van der Waals surface area contributed by atoms with Gasteiger partial charge < -0.3 is 14.6 Å². The second kappa shape index (κ2) is 6.71. The molecule has 0 amide bonds. The van der Waals surface area contributed by atoms with Crippen molar-refractivity contribution >= 4 is 0 Å². The summed E-state index contributed by atoms with van der Waals surface area (Å²) in [6.07, 6.45) is 2.52. The largest absolute Gasteiger partial charge is 0.496 e. The minimum Gasteiger partial charge on any atom is -0.496 e. The van der Waals surface area contributed by atoms with E-state index in [1.54, 1.807) is 20.4 Å². The van der Waals surface area contributed by atoms with Gasteiger partial charge in [-0.05, 0) is 27.2 Å². The third kappa shape index (κ3) is 3.68. The minimum atomic E-state index is -0.446. The van der Waals surface area contributed by atoms with E-state index in [9.17, 15) is 5.11 Å². The molecule has 2 atom stereocenters. The molecule has 4 heteroatoms. The molecule has 18 heavy (non-hydrogen) atoms. The predicted molar refractivity (Wildman–Crippen MR) is 71.1 cm³/mol. The second-order valence-corrected chi connectivity index (χ2v) is 4.69. The third-order valence-corrected chi connectivity index (χ3v) is 3.19. The van der Waals surface area contributed by atoms with Crippen LogP contribution in [0.5, 0.6) is 5.75 Å². The predicted octanol–water partition coefficient (Wildman–Crippen LogP) is 2.04. The molecule has 0 bridgehead atoms. The van der Waals surface area contributed by atoms with Crippen molar-refractivity contribution in [2.75, 3.05) is 14.2 Å². The lowest BCUT2D eigenvalue weighted by Gasteiger charge is -2.17. The Labute approximate surface area is 109 Å². The van der Waals surface area contributed by atoms with E-state index in [4.69, 9.17) is 9.47 Å². The quantitative estimate of drug-likeness (QED) is 0.843. The molecule has 0 fully saturated rings. The molecule has 0 radical (unpaired) electrons. The molecule has 1 rings (SSSR count). The fourth-order valence-electron chi connectivity index (χ4n) is 2.06. The zero-order valence-electron chi connectivity index (χ0n) is 11.9. The van der Waals surface area contributed by atoms with Gasteiger partial charge in [0.15, 0.2) is 0 Å². The van der Waals surface area contributed by atoms with Gasteiger partial charge in [0.25, 0.3) is 0 Å². The van der Waals surface area contributed by atoms with E-state index >= 15 is 0 Å². The number of aromatic nitrogens is 1.